The van der Waals surface area contributed by atoms with Gasteiger partial charge in [-0.2, -0.15) is 0 Å². The van der Waals surface area contributed by atoms with Gasteiger partial charge in [-0.25, -0.2) is 0 Å². The first kappa shape index (κ1) is 24.4. The summed E-state index contributed by atoms with van der Waals surface area (Å²) in [6.45, 7) is 17.0. The molecule has 9 heteroatoms. The summed E-state index contributed by atoms with van der Waals surface area (Å²) in [6.07, 6.45) is 1.64. The van der Waals surface area contributed by atoms with Crippen molar-refractivity contribution in [3.05, 3.63) is 18.0 Å². The van der Waals surface area contributed by atoms with Crippen LogP contribution < -0.4 is 5.32 Å². The van der Waals surface area contributed by atoms with E-state index >= 15 is 0 Å². The van der Waals surface area contributed by atoms with Gasteiger partial charge >= 0.3 is 0 Å². The summed E-state index contributed by atoms with van der Waals surface area (Å²) in [5, 5.41) is 7.51. The minimum absolute atomic E-state index is 0. The Morgan fingerprint density at radius 1 is 1.14 bits per heavy atom. The standard InChI is InChI=1S/C20H37N7O.HI/c1-4-21-20(22-15-18(2)16-25-8-6-24(3)7-9-25)27-12-10-26(11-13-27)17-19-5-14-28-23-19;/h5,14,18H,4,6-13,15-17H2,1-3H3,(H,21,22);1H. The summed E-state index contributed by atoms with van der Waals surface area (Å²) in [5.74, 6) is 1.64. The van der Waals surface area contributed by atoms with Crippen molar-refractivity contribution in [1.82, 2.24) is 30.1 Å². The fourth-order valence-electron chi connectivity index (χ4n) is 3.86. The van der Waals surface area contributed by atoms with Gasteiger partial charge in [0.2, 0.25) is 0 Å². The summed E-state index contributed by atoms with van der Waals surface area (Å²) in [5.41, 5.74) is 1.01. The van der Waals surface area contributed by atoms with Crippen LogP contribution in [0.15, 0.2) is 21.8 Å². The lowest BCUT2D eigenvalue weighted by Gasteiger charge is -2.36. The zero-order valence-corrected chi connectivity index (χ0v) is 20.5. The molecule has 1 unspecified atom stereocenters. The van der Waals surface area contributed by atoms with Gasteiger partial charge in [-0.3, -0.25) is 9.89 Å². The normalized spacial score (nSPS) is 21.1. The molecule has 8 nitrogen and oxygen atoms in total. The highest BCUT2D eigenvalue weighted by Crippen LogP contribution is 2.09. The molecule has 166 valence electrons. The predicted octanol–water partition coefficient (Wildman–Crippen LogP) is 1.26. The van der Waals surface area contributed by atoms with E-state index < -0.39 is 0 Å². The van der Waals surface area contributed by atoms with Crippen molar-refractivity contribution in [3.63, 3.8) is 0 Å². The van der Waals surface area contributed by atoms with Crippen molar-refractivity contribution in [1.29, 1.82) is 0 Å². The zero-order valence-electron chi connectivity index (χ0n) is 18.2. The van der Waals surface area contributed by atoms with Crippen LogP contribution in [0.4, 0.5) is 0 Å². The van der Waals surface area contributed by atoms with Crippen LogP contribution in [-0.4, -0.2) is 110 Å². The van der Waals surface area contributed by atoms with Crippen LogP contribution in [0.25, 0.3) is 0 Å². The lowest BCUT2D eigenvalue weighted by atomic mass is 10.1. The average Bonchev–Trinajstić information content (AvgIpc) is 3.21. The third kappa shape index (κ3) is 8.03. The zero-order chi connectivity index (χ0) is 19.8. The predicted molar refractivity (Wildman–Crippen MR) is 128 cm³/mol. The number of hydrogen-bond acceptors (Lipinski definition) is 6. The Bertz CT molecular complexity index is 582. The molecule has 3 heterocycles. The molecule has 2 aliphatic rings. The van der Waals surface area contributed by atoms with E-state index in [-0.39, 0.29) is 24.0 Å². The molecule has 1 N–H and O–H groups in total. The number of nitrogens with zero attached hydrogens (tertiary/aromatic N) is 6. The number of guanidine groups is 1. The second-order valence-electron chi connectivity index (χ2n) is 8.16. The molecule has 0 bridgehead atoms. The van der Waals surface area contributed by atoms with Crippen molar-refractivity contribution in [2.45, 2.75) is 20.4 Å². The summed E-state index contributed by atoms with van der Waals surface area (Å²) in [7, 11) is 2.21. The lowest BCUT2D eigenvalue weighted by molar-refractivity contribution is 0.140. The number of aromatic nitrogens is 1. The van der Waals surface area contributed by atoms with Gasteiger partial charge in [-0.1, -0.05) is 12.1 Å². The van der Waals surface area contributed by atoms with E-state index in [0.29, 0.717) is 5.92 Å². The topological polar surface area (TPSA) is 63.4 Å². The van der Waals surface area contributed by atoms with Gasteiger partial charge in [0.05, 0.1) is 5.69 Å². The molecule has 29 heavy (non-hydrogen) atoms. The van der Waals surface area contributed by atoms with E-state index in [1.54, 1.807) is 6.26 Å². The van der Waals surface area contributed by atoms with Crippen LogP contribution in [0.3, 0.4) is 0 Å². The van der Waals surface area contributed by atoms with E-state index in [9.17, 15) is 0 Å². The third-order valence-corrected chi connectivity index (χ3v) is 5.60. The molecule has 0 aliphatic carbocycles. The van der Waals surface area contributed by atoms with Crippen molar-refractivity contribution >= 4 is 29.9 Å². The average molecular weight is 519 g/mol. The molecule has 2 aliphatic heterocycles. The van der Waals surface area contributed by atoms with Crippen LogP contribution in [0.5, 0.6) is 0 Å². The second-order valence-corrected chi connectivity index (χ2v) is 8.16. The molecule has 0 amide bonds. The molecule has 0 saturated carbocycles. The lowest BCUT2D eigenvalue weighted by Crippen LogP contribution is -2.52. The fourth-order valence-corrected chi connectivity index (χ4v) is 3.86. The van der Waals surface area contributed by atoms with E-state index in [4.69, 9.17) is 9.52 Å². The van der Waals surface area contributed by atoms with Gasteiger partial charge in [-0.15, -0.1) is 24.0 Å². The summed E-state index contributed by atoms with van der Waals surface area (Å²) in [6, 6.07) is 1.94. The molecular formula is C20H38IN7O. The van der Waals surface area contributed by atoms with Crippen molar-refractivity contribution in [2.75, 3.05) is 79.0 Å². The maximum Gasteiger partial charge on any atom is 0.194 e. The Kier molecular flexibility index (Phi) is 10.7. The van der Waals surface area contributed by atoms with E-state index in [1.807, 2.05) is 6.07 Å². The van der Waals surface area contributed by atoms with Gasteiger partial charge in [0.25, 0.3) is 0 Å². The second kappa shape index (κ2) is 12.7. The Morgan fingerprint density at radius 2 is 1.83 bits per heavy atom. The van der Waals surface area contributed by atoms with Gasteiger partial charge in [0, 0.05) is 84.6 Å². The highest BCUT2D eigenvalue weighted by molar-refractivity contribution is 14.0. The number of aliphatic imine (C=N–C) groups is 1. The Morgan fingerprint density at radius 3 is 2.45 bits per heavy atom. The van der Waals surface area contributed by atoms with Gasteiger partial charge in [0.1, 0.15) is 6.26 Å². The van der Waals surface area contributed by atoms with Gasteiger partial charge in [-0.05, 0) is 19.9 Å². The maximum absolute atomic E-state index is 4.97. The molecule has 0 aromatic carbocycles. The van der Waals surface area contributed by atoms with Crippen LogP contribution >= 0.6 is 24.0 Å². The summed E-state index contributed by atoms with van der Waals surface area (Å²) < 4.78 is 4.94. The number of hydrogen-bond donors (Lipinski definition) is 1. The number of likely N-dealkylation sites (N-methyl/N-ethyl adjacent to an activating group) is 1. The number of nitrogens with one attached hydrogen (secondary N) is 1. The largest absolute Gasteiger partial charge is 0.364 e. The molecule has 0 spiro atoms. The van der Waals surface area contributed by atoms with E-state index in [1.165, 1.54) is 26.2 Å². The van der Waals surface area contributed by atoms with Gasteiger partial charge < -0.3 is 24.5 Å². The van der Waals surface area contributed by atoms with E-state index in [0.717, 1.165) is 64.0 Å². The van der Waals surface area contributed by atoms with Crippen molar-refractivity contribution in [3.8, 4) is 0 Å². The SMILES string of the molecule is CCNC(=NCC(C)CN1CCN(C)CC1)N1CCN(Cc2ccon2)CC1.I. The molecule has 2 fully saturated rings. The number of rotatable bonds is 7. The molecule has 1 atom stereocenters. The number of piperazine rings is 2. The monoisotopic (exact) mass is 519 g/mol. The molecule has 1 aromatic heterocycles. The Balaban J connectivity index is 0.00000300. The maximum atomic E-state index is 4.97. The first-order valence-electron chi connectivity index (χ1n) is 10.7. The van der Waals surface area contributed by atoms with Crippen LogP contribution in [0.2, 0.25) is 0 Å². The van der Waals surface area contributed by atoms with Crippen LogP contribution in [-0.2, 0) is 6.54 Å². The van der Waals surface area contributed by atoms with Crippen molar-refractivity contribution < 1.29 is 4.52 Å². The molecule has 3 rings (SSSR count). The highest BCUT2D eigenvalue weighted by atomic mass is 127. The Hall–Kier alpha value is -0.910. The highest BCUT2D eigenvalue weighted by Gasteiger charge is 2.21. The minimum Gasteiger partial charge on any atom is -0.364 e. The number of halogens is 1. The van der Waals surface area contributed by atoms with Gasteiger partial charge in [0.15, 0.2) is 5.96 Å². The molecule has 1 aromatic rings. The summed E-state index contributed by atoms with van der Waals surface area (Å²) in [4.78, 5) is 14.8. The van der Waals surface area contributed by atoms with Crippen LogP contribution in [0, 0.1) is 5.92 Å². The third-order valence-electron chi connectivity index (χ3n) is 5.60. The van der Waals surface area contributed by atoms with E-state index in [2.05, 4.69) is 51.0 Å². The van der Waals surface area contributed by atoms with Crippen LogP contribution in [0.1, 0.15) is 19.5 Å². The summed E-state index contributed by atoms with van der Waals surface area (Å²) >= 11 is 0. The molecule has 0 radical (unpaired) electrons. The first-order valence-corrected chi connectivity index (χ1v) is 10.7. The smallest absolute Gasteiger partial charge is 0.194 e. The molecular weight excluding hydrogens is 481 g/mol. The van der Waals surface area contributed by atoms with Crippen molar-refractivity contribution in [2.24, 2.45) is 10.9 Å². The minimum atomic E-state index is 0. The quantitative estimate of drug-likeness (QED) is 0.331. The first-order chi connectivity index (χ1) is 13.6. The fraction of sp³-hybridized carbons (Fsp3) is 0.800. The Labute approximate surface area is 192 Å². The molecule has 2 saturated heterocycles.